The number of fused-ring (bicyclic) bond motifs is 1. The second-order valence-electron chi connectivity index (χ2n) is 7.43. The Balaban J connectivity index is 1.44. The van der Waals surface area contributed by atoms with Gasteiger partial charge in [0, 0.05) is 5.71 Å². The zero-order valence-corrected chi connectivity index (χ0v) is 16.7. The van der Waals surface area contributed by atoms with Gasteiger partial charge in [0.2, 0.25) is 0 Å². The molecule has 0 bridgehead atoms. The number of rotatable bonds is 4. The first-order valence-corrected chi connectivity index (χ1v) is 11.1. The van der Waals surface area contributed by atoms with Gasteiger partial charge in [0.25, 0.3) is 10.0 Å². The van der Waals surface area contributed by atoms with Crippen LogP contribution in [0.5, 0.6) is 0 Å². The molecule has 0 unspecified atom stereocenters. The molecule has 5 heteroatoms. The maximum absolute atomic E-state index is 12.4. The van der Waals surface area contributed by atoms with Crippen LogP contribution in [-0.4, -0.2) is 14.1 Å². The van der Waals surface area contributed by atoms with Gasteiger partial charge in [-0.25, -0.2) is 4.83 Å². The minimum Gasteiger partial charge on any atom is -0.200 e. The lowest BCUT2D eigenvalue weighted by atomic mass is 9.81. The Labute approximate surface area is 166 Å². The summed E-state index contributed by atoms with van der Waals surface area (Å²) in [7, 11) is -3.61. The summed E-state index contributed by atoms with van der Waals surface area (Å²) in [5, 5.41) is 6.81. The van der Waals surface area contributed by atoms with E-state index in [1.807, 2.05) is 6.92 Å². The molecular weight excluding hydrogens is 368 g/mol. The number of nitrogens with zero attached hydrogens (tertiary/aromatic N) is 1. The predicted molar refractivity (Wildman–Crippen MR) is 114 cm³/mol. The highest BCUT2D eigenvalue weighted by atomic mass is 32.2. The number of hydrogen-bond donors (Lipinski definition) is 1. The van der Waals surface area contributed by atoms with Crippen molar-refractivity contribution in [1.29, 1.82) is 0 Å². The van der Waals surface area contributed by atoms with Crippen LogP contribution < -0.4 is 4.83 Å². The molecule has 0 spiro atoms. The highest BCUT2D eigenvalue weighted by Crippen LogP contribution is 2.35. The van der Waals surface area contributed by atoms with Gasteiger partial charge in [-0.1, -0.05) is 60.2 Å². The molecule has 1 fully saturated rings. The van der Waals surface area contributed by atoms with Crippen LogP contribution in [0.4, 0.5) is 0 Å². The molecule has 3 aromatic rings. The summed E-state index contributed by atoms with van der Waals surface area (Å²) < 4.78 is 24.8. The molecule has 28 heavy (non-hydrogen) atoms. The highest BCUT2D eigenvalue weighted by Gasteiger charge is 2.21. The molecule has 144 valence electrons. The van der Waals surface area contributed by atoms with Crippen molar-refractivity contribution in [3.8, 4) is 0 Å². The minimum atomic E-state index is -3.61. The van der Waals surface area contributed by atoms with Crippen molar-refractivity contribution in [3.63, 3.8) is 0 Å². The Morgan fingerprint density at radius 1 is 0.893 bits per heavy atom. The van der Waals surface area contributed by atoms with Crippen molar-refractivity contribution >= 4 is 26.5 Å². The molecule has 4 rings (SSSR count). The first-order chi connectivity index (χ1) is 13.5. The maximum atomic E-state index is 12.4. The van der Waals surface area contributed by atoms with E-state index in [-0.39, 0.29) is 4.90 Å². The van der Waals surface area contributed by atoms with E-state index in [0.717, 1.165) is 37.0 Å². The topological polar surface area (TPSA) is 58.5 Å². The van der Waals surface area contributed by atoms with Crippen molar-refractivity contribution in [2.24, 2.45) is 5.10 Å². The number of hydrazone groups is 1. The average molecular weight is 393 g/mol. The van der Waals surface area contributed by atoms with Gasteiger partial charge in [0.15, 0.2) is 0 Å². The SMILES string of the molecule is Cc1ccc(S(=O)(=O)NN=C2CCC(c3cccc4ccccc34)CC2)cc1. The molecule has 0 aliphatic heterocycles. The molecule has 0 aromatic heterocycles. The quantitative estimate of drug-likeness (QED) is 0.625. The number of nitrogens with one attached hydrogen (secondary N) is 1. The summed E-state index contributed by atoms with van der Waals surface area (Å²) in [5.41, 5.74) is 3.33. The first kappa shape index (κ1) is 18.7. The predicted octanol–water partition coefficient (Wildman–Crippen LogP) is 5.14. The van der Waals surface area contributed by atoms with Gasteiger partial charge < -0.3 is 0 Å². The Kier molecular flexibility index (Phi) is 5.18. The summed E-state index contributed by atoms with van der Waals surface area (Å²) in [5.74, 6) is 0.485. The molecular formula is C23H24N2O2S. The summed E-state index contributed by atoms with van der Waals surface area (Å²) in [6.45, 7) is 1.93. The average Bonchev–Trinajstić information content (AvgIpc) is 2.73. The monoisotopic (exact) mass is 392 g/mol. The Morgan fingerprint density at radius 2 is 1.57 bits per heavy atom. The number of benzene rings is 3. The van der Waals surface area contributed by atoms with E-state index in [4.69, 9.17) is 0 Å². The lowest BCUT2D eigenvalue weighted by Crippen LogP contribution is -2.22. The minimum absolute atomic E-state index is 0.242. The summed E-state index contributed by atoms with van der Waals surface area (Å²) in [6, 6.07) is 21.8. The van der Waals surface area contributed by atoms with Crippen LogP contribution in [0, 0.1) is 6.92 Å². The van der Waals surface area contributed by atoms with Crippen molar-refractivity contribution < 1.29 is 8.42 Å². The smallest absolute Gasteiger partial charge is 0.200 e. The van der Waals surface area contributed by atoms with Crippen LogP contribution in [-0.2, 0) is 10.0 Å². The molecule has 0 saturated heterocycles. The van der Waals surface area contributed by atoms with Crippen LogP contribution >= 0.6 is 0 Å². The second kappa shape index (κ2) is 7.76. The van der Waals surface area contributed by atoms with Crippen molar-refractivity contribution in [2.75, 3.05) is 0 Å². The molecule has 1 aliphatic carbocycles. The van der Waals surface area contributed by atoms with E-state index in [9.17, 15) is 8.42 Å². The third-order valence-corrected chi connectivity index (χ3v) is 6.71. The summed E-state index contributed by atoms with van der Waals surface area (Å²) in [6.07, 6.45) is 3.59. The van der Waals surface area contributed by atoms with Crippen LogP contribution in [0.25, 0.3) is 10.8 Å². The lowest BCUT2D eigenvalue weighted by molar-refractivity contribution is 0.563. The third kappa shape index (κ3) is 3.94. The van der Waals surface area contributed by atoms with Crippen LogP contribution in [0.1, 0.15) is 42.7 Å². The largest absolute Gasteiger partial charge is 0.276 e. The fraction of sp³-hybridized carbons (Fsp3) is 0.261. The van der Waals surface area contributed by atoms with Gasteiger partial charge >= 0.3 is 0 Å². The number of hydrogen-bond acceptors (Lipinski definition) is 3. The Morgan fingerprint density at radius 3 is 2.32 bits per heavy atom. The van der Waals surface area contributed by atoms with Crippen molar-refractivity contribution in [2.45, 2.75) is 43.4 Å². The van der Waals surface area contributed by atoms with E-state index in [1.54, 1.807) is 24.3 Å². The van der Waals surface area contributed by atoms with Crippen LogP contribution in [0.3, 0.4) is 0 Å². The standard InChI is InChI=1S/C23H24N2O2S/c1-17-9-15-21(16-10-17)28(26,27)25-24-20-13-11-19(12-14-20)23-8-4-6-18-5-2-3-7-22(18)23/h2-10,15-16,19,25H,11-14H2,1H3. The highest BCUT2D eigenvalue weighted by molar-refractivity contribution is 7.89. The van der Waals surface area contributed by atoms with Gasteiger partial charge in [-0.3, -0.25) is 0 Å². The van der Waals surface area contributed by atoms with E-state index >= 15 is 0 Å². The van der Waals surface area contributed by atoms with Gasteiger partial charge in [-0.05, 0) is 67.0 Å². The van der Waals surface area contributed by atoms with E-state index < -0.39 is 10.0 Å². The molecule has 1 aliphatic rings. The summed E-state index contributed by atoms with van der Waals surface area (Å²) >= 11 is 0. The Bertz CT molecular complexity index is 1100. The molecule has 1 saturated carbocycles. The van der Waals surface area contributed by atoms with Crippen molar-refractivity contribution in [1.82, 2.24) is 4.83 Å². The second-order valence-corrected chi connectivity index (χ2v) is 9.09. The molecule has 0 atom stereocenters. The lowest BCUT2D eigenvalue weighted by Gasteiger charge is -2.24. The van der Waals surface area contributed by atoms with Crippen LogP contribution in [0.2, 0.25) is 0 Å². The van der Waals surface area contributed by atoms with Crippen LogP contribution in [0.15, 0.2) is 76.7 Å². The molecule has 0 heterocycles. The maximum Gasteiger partial charge on any atom is 0.276 e. The van der Waals surface area contributed by atoms with E-state index in [0.29, 0.717) is 5.92 Å². The van der Waals surface area contributed by atoms with Gasteiger partial charge in [0.1, 0.15) is 0 Å². The number of sulfonamides is 1. The normalized spacial score (nSPS) is 17.5. The van der Waals surface area contributed by atoms with Gasteiger partial charge in [-0.2, -0.15) is 13.5 Å². The van der Waals surface area contributed by atoms with E-state index in [1.165, 1.54) is 16.3 Å². The van der Waals surface area contributed by atoms with Gasteiger partial charge in [0.05, 0.1) is 4.90 Å². The van der Waals surface area contributed by atoms with Crippen molar-refractivity contribution in [3.05, 3.63) is 77.9 Å². The molecule has 0 radical (unpaired) electrons. The zero-order chi connectivity index (χ0) is 19.6. The fourth-order valence-electron chi connectivity index (χ4n) is 3.88. The molecule has 3 aromatic carbocycles. The first-order valence-electron chi connectivity index (χ1n) is 9.64. The van der Waals surface area contributed by atoms with Gasteiger partial charge in [-0.15, -0.1) is 0 Å². The Hall–Kier alpha value is -2.66. The molecule has 4 nitrogen and oxygen atoms in total. The molecule has 1 N–H and O–H groups in total. The van der Waals surface area contributed by atoms with E-state index in [2.05, 4.69) is 52.4 Å². The molecule has 0 amide bonds. The summed E-state index contributed by atoms with van der Waals surface area (Å²) in [4.78, 5) is 2.65. The zero-order valence-electron chi connectivity index (χ0n) is 15.9. The number of aryl methyl sites for hydroxylation is 1. The third-order valence-electron chi connectivity index (χ3n) is 5.48. The fourth-order valence-corrected chi connectivity index (χ4v) is 4.72.